The average molecular weight is 609 g/mol. The lowest BCUT2D eigenvalue weighted by atomic mass is 10.2. The van der Waals surface area contributed by atoms with E-state index in [4.69, 9.17) is 27.9 Å². The molecule has 1 N–H and O–H groups in total. The van der Waals surface area contributed by atoms with E-state index < -0.39 is 5.91 Å². The summed E-state index contributed by atoms with van der Waals surface area (Å²) in [5.41, 5.74) is 2.06. The zero-order valence-electron chi connectivity index (χ0n) is 16.8. The summed E-state index contributed by atoms with van der Waals surface area (Å²) in [7, 11) is 0. The standard InChI is InChI=1S/C24H15Cl2IN2O3S/c25-18-10-15(11-19(26)21(18)32-13-14-6-8-17(27)9-7-14)12-20-23(31)29-24(33-20)28-22(30)16-4-2-1-3-5-16/h1-12H,13H2,(H,28,29,30,31)/b20-12-. The van der Waals surface area contributed by atoms with Gasteiger partial charge in [-0.2, -0.15) is 4.99 Å². The van der Waals surface area contributed by atoms with Crippen LogP contribution in [0.3, 0.4) is 0 Å². The molecule has 0 unspecified atom stereocenters. The number of nitrogens with zero attached hydrogens (tertiary/aromatic N) is 1. The van der Waals surface area contributed by atoms with E-state index >= 15 is 0 Å². The second kappa shape index (κ2) is 10.7. The van der Waals surface area contributed by atoms with E-state index in [1.165, 1.54) is 0 Å². The zero-order chi connectivity index (χ0) is 23.4. The van der Waals surface area contributed by atoms with Crippen molar-refractivity contribution in [3.8, 4) is 5.75 Å². The Hall–Kier alpha value is -2.33. The van der Waals surface area contributed by atoms with Crippen LogP contribution >= 0.6 is 57.6 Å². The van der Waals surface area contributed by atoms with Crippen LogP contribution in [0, 0.1) is 3.57 Å². The lowest BCUT2D eigenvalue weighted by molar-refractivity contribution is -0.115. The molecule has 1 aliphatic rings. The number of halogens is 3. The molecule has 1 aliphatic heterocycles. The molecule has 3 aromatic carbocycles. The predicted octanol–water partition coefficient (Wildman–Crippen LogP) is 6.58. The molecule has 0 bridgehead atoms. The van der Waals surface area contributed by atoms with Crippen molar-refractivity contribution >= 4 is 80.6 Å². The van der Waals surface area contributed by atoms with Gasteiger partial charge in [0.25, 0.3) is 11.8 Å². The van der Waals surface area contributed by atoms with Gasteiger partial charge in [0, 0.05) is 9.13 Å². The minimum Gasteiger partial charge on any atom is -0.486 e. The van der Waals surface area contributed by atoms with Gasteiger partial charge in [-0.15, -0.1) is 0 Å². The number of amides is 2. The van der Waals surface area contributed by atoms with Crippen LogP contribution in [-0.4, -0.2) is 17.0 Å². The number of ether oxygens (including phenoxy) is 1. The van der Waals surface area contributed by atoms with Gasteiger partial charge in [-0.05, 0) is 88.0 Å². The van der Waals surface area contributed by atoms with Gasteiger partial charge in [0.1, 0.15) is 6.61 Å². The Morgan fingerprint density at radius 1 is 1.06 bits per heavy atom. The van der Waals surface area contributed by atoms with Crippen LogP contribution in [-0.2, 0) is 11.4 Å². The Kier molecular flexibility index (Phi) is 7.75. The minimum atomic E-state index is -0.430. The van der Waals surface area contributed by atoms with E-state index in [1.807, 2.05) is 30.3 Å². The first kappa shape index (κ1) is 23.8. The highest BCUT2D eigenvalue weighted by molar-refractivity contribution is 14.1. The topological polar surface area (TPSA) is 67.8 Å². The Morgan fingerprint density at radius 2 is 1.73 bits per heavy atom. The number of carbonyl (C=O) groups excluding carboxylic acids is 2. The number of carbonyl (C=O) groups is 2. The van der Waals surface area contributed by atoms with Crippen LogP contribution in [0.5, 0.6) is 5.75 Å². The number of hydrogen-bond acceptors (Lipinski definition) is 4. The number of hydrogen-bond donors (Lipinski definition) is 1. The van der Waals surface area contributed by atoms with Crippen molar-refractivity contribution in [1.82, 2.24) is 5.32 Å². The number of rotatable bonds is 5. The summed E-state index contributed by atoms with van der Waals surface area (Å²) >= 11 is 16.1. The molecule has 33 heavy (non-hydrogen) atoms. The third-order valence-corrected chi connectivity index (χ3v) is 6.68. The molecule has 0 saturated carbocycles. The lowest BCUT2D eigenvalue weighted by Gasteiger charge is -2.11. The van der Waals surface area contributed by atoms with E-state index in [9.17, 15) is 9.59 Å². The molecule has 1 heterocycles. The number of thioether (sulfide) groups is 1. The maximum Gasteiger partial charge on any atom is 0.279 e. The fraction of sp³-hybridized carbons (Fsp3) is 0.0417. The third kappa shape index (κ3) is 6.17. The van der Waals surface area contributed by atoms with E-state index in [0.717, 1.165) is 20.9 Å². The number of benzene rings is 3. The summed E-state index contributed by atoms with van der Waals surface area (Å²) in [6.07, 6.45) is 1.64. The molecule has 4 rings (SSSR count). The molecule has 0 aromatic heterocycles. The normalized spacial score (nSPS) is 15.7. The van der Waals surface area contributed by atoms with Crippen molar-refractivity contribution in [1.29, 1.82) is 0 Å². The highest BCUT2D eigenvalue weighted by atomic mass is 127. The molecule has 0 radical (unpaired) electrons. The van der Waals surface area contributed by atoms with E-state index in [2.05, 4.69) is 32.9 Å². The van der Waals surface area contributed by atoms with Crippen LogP contribution in [0.1, 0.15) is 21.5 Å². The average Bonchev–Trinajstić information content (AvgIpc) is 3.13. The summed E-state index contributed by atoms with van der Waals surface area (Å²) in [5, 5.41) is 3.48. The predicted molar refractivity (Wildman–Crippen MR) is 142 cm³/mol. The molecule has 2 amide bonds. The first-order valence-corrected chi connectivity index (χ1v) is 12.3. The molecular weight excluding hydrogens is 594 g/mol. The molecular formula is C24H15Cl2IN2O3S. The van der Waals surface area contributed by atoms with Gasteiger partial charge in [-0.25, -0.2) is 0 Å². The van der Waals surface area contributed by atoms with Gasteiger partial charge >= 0.3 is 0 Å². The fourth-order valence-electron chi connectivity index (χ4n) is 2.91. The largest absolute Gasteiger partial charge is 0.486 e. The Morgan fingerprint density at radius 3 is 2.39 bits per heavy atom. The highest BCUT2D eigenvalue weighted by Crippen LogP contribution is 2.36. The second-order valence-electron chi connectivity index (χ2n) is 6.88. The van der Waals surface area contributed by atoms with Crippen LogP contribution in [0.15, 0.2) is 76.6 Å². The molecule has 3 aromatic rings. The maximum atomic E-state index is 12.3. The van der Waals surface area contributed by atoms with E-state index in [-0.39, 0.29) is 11.1 Å². The van der Waals surface area contributed by atoms with Crippen molar-refractivity contribution in [2.24, 2.45) is 4.99 Å². The number of nitrogens with one attached hydrogen (secondary N) is 1. The highest BCUT2D eigenvalue weighted by Gasteiger charge is 2.25. The SMILES string of the molecule is O=C1NC(=NC(=O)c2ccccc2)S/C1=C\c1cc(Cl)c(OCc2ccc(I)cc2)c(Cl)c1. The molecule has 0 aliphatic carbocycles. The smallest absolute Gasteiger partial charge is 0.279 e. The monoisotopic (exact) mass is 608 g/mol. The molecule has 0 atom stereocenters. The molecule has 1 fully saturated rings. The van der Waals surface area contributed by atoms with E-state index in [0.29, 0.717) is 38.4 Å². The zero-order valence-corrected chi connectivity index (χ0v) is 21.3. The molecule has 9 heteroatoms. The molecule has 0 spiro atoms. The summed E-state index contributed by atoms with van der Waals surface area (Å²) in [4.78, 5) is 29.0. The van der Waals surface area contributed by atoms with Gasteiger partial charge in [0.2, 0.25) is 0 Å². The van der Waals surface area contributed by atoms with Gasteiger partial charge < -0.3 is 10.1 Å². The first-order valence-electron chi connectivity index (χ1n) is 9.64. The number of amidine groups is 1. The van der Waals surface area contributed by atoms with Crippen LogP contribution < -0.4 is 10.1 Å². The van der Waals surface area contributed by atoms with Gasteiger partial charge in [0.05, 0.1) is 15.0 Å². The van der Waals surface area contributed by atoms with Crippen molar-refractivity contribution in [3.05, 3.63) is 102 Å². The fourth-order valence-corrected chi connectivity index (χ4v) is 4.70. The lowest BCUT2D eigenvalue weighted by Crippen LogP contribution is -2.20. The van der Waals surface area contributed by atoms with Gasteiger partial charge in [-0.3, -0.25) is 9.59 Å². The van der Waals surface area contributed by atoms with Crippen LogP contribution in [0.2, 0.25) is 10.0 Å². The van der Waals surface area contributed by atoms with Crippen LogP contribution in [0.4, 0.5) is 0 Å². The maximum absolute atomic E-state index is 12.3. The second-order valence-corrected chi connectivity index (χ2v) is 9.97. The van der Waals surface area contributed by atoms with Gasteiger partial charge in [-0.1, -0.05) is 53.5 Å². The summed E-state index contributed by atoms with van der Waals surface area (Å²) < 4.78 is 6.95. The van der Waals surface area contributed by atoms with Gasteiger partial charge in [0.15, 0.2) is 10.9 Å². The number of aliphatic imine (C=N–C) groups is 1. The van der Waals surface area contributed by atoms with Crippen LogP contribution in [0.25, 0.3) is 6.08 Å². The summed E-state index contributed by atoms with van der Waals surface area (Å²) in [6.45, 7) is 0.324. The van der Waals surface area contributed by atoms with Crippen molar-refractivity contribution < 1.29 is 14.3 Å². The Labute approximate surface area is 218 Å². The van der Waals surface area contributed by atoms with Crippen molar-refractivity contribution in [3.63, 3.8) is 0 Å². The first-order chi connectivity index (χ1) is 15.9. The minimum absolute atomic E-state index is 0.217. The van der Waals surface area contributed by atoms with Crippen molar-refractivity contribution in [2.45, 2.75) is 6.61 Å². The summed E-state index contributed by atoms with van der Waals surface area (Å²) in [5.74, 6) is -0.412. The van der Waals surface area contributed by atoms with Crippen molar-refractivity contribution in [2.75, 3.05) is 0 Å². The third-order valence-electron chi connectivity index (χ3n) is 4.49. The molecule has 5 nitrogen and oxygen atoms in total. The summed E-state index contributed by atoms with van der Waals surface area (Å²) in [6, 6.07) is 19.9. The quantitative estimate of drug-likeness (QED) is 0.263. The van der Waals surface area contributed by atoms with E-state index in [1.54, 1.807) is 42.5 Å². The Balaban J connectivity index is 1.48. The Bertz CT molecular complexity index is 1260. The molecule has 1 saturated heterocycles. The molecule has 166 valence electrons.